The first-order valence-corrected chi connectivity index (χ1v) is 6.56. The first kappa shape index (κ1) is 10.5. The van der Waals surface area contributed by atoms with E-state index in [1.54, 1.807) is 11.3 Å². The maximum absolute atomic E-state index is 6.33. The Morgan fingerprint density at radius 2 is 1.76 bits per heavy atom. The molecular formula is C15H13NS. The highest BCUT2D eigenvalue weighted by Crippen LogP contribution is 2.28. The summed E-state index contributed by atoms with van der Waals surface area (Å²) in [6.07, 6.45) is 0. The van der Waals surface area contributed by atoms with Gasteiger partial charge in [-0.2, -0.15) is 11.3 Å². The van der Waals surface area contributed by atoms with Crippen LogP contribution in [0.15, 0.2) is 59.3 Å². The SMILES string of the molecule is N[C@H](c1ccsc1)c1cccc2ccccc12. The van der Waals surface area contributed by atoms with Gasteiger partial charge in [0, 0.05) is 0 Å². The standard InChI is InChI=1S/C15H13NS/c16-15(12-8-9-17-10-12)14-7-3-5-11-4-1-2-6-13(11)14/h1-10,15H,16H2/t15-/m1/s1. The van der Waals surface area contributed by atoms with E-state index in [4.69, 9.17) is 5.73 Å². The summed E-state index contributed by atoms with van der Waals surface area (Å²) in [5, 5.41) is 6.68. The van der Waals surface area contributed by atoms with Gasteiger partial charge in [0.25, 0.3) is 0 Å². The van der Waals surface area contributed by atoms with Gasteiger partial charge in [-0.05, 0) is 38.7 Å². The second kappa shape index (κ2) is 4.32. The Balaban J connectivity index is 2.17. The number of hydrogen-bond acceptors (Lipinski definition) is 2. The van der Waals surface area contributed by atoms with Gasteiger partial charge in [0.05, 0.1) is 6.04 Å². The van der Waals surface area contributed by atoms with Crippen LogP contribution in [0, 0.1) is 0 Å². The summed E-state index contributed by atoms with van der Waals surface area (Å²) in [6, 6.07) is 16.8. The summed E-state index contributed by atoms with van der Waals surface area (Å²) in [7, 11) is 0. The Labute approximate surface area is 105 Å². The molecule has 0 radical (unpaired) electrons. The fraction of sp³-hybridized carbons (Fsp3) is 0.0667. The summed E-state index contributed by atoms with van der Waals surface area (Å²) >= 11 is 1.69. The molecule has 0 bridgehead atoms. The van der Waals surface area contributed by atoms with Crippen molar-refractivity contribution >= 4 is 22.1 Å². The maximum Gasteiger partial charge on any atom is 0.0565 e. The number of fused-ring (bicyclic) bond motifs is 1. The zero-order valence-corrected chi connectivity index (χ0v) is 10.2. The Morgan fingerprint density at radius 1 is 0.941 bits per heavy atom. The fourth-order valence-corrected chi connectivity index (χ4v) is 2.85. The largest absolute Gasteiger partial charge is 0.320 e. The summed E-state index contributed by atoms with van der Waals surface area (Å²) in [6.45, 7) is 0. The van der Waals surface area contributed by atoms with E-state index in [-0.39, 0.29) is 6.04 Å². The Kier molecular flexibility index (Phi) is 2.67. The maximum atomic E-state index is 6.33. The van der Waals surface area contributed by atoms with Crippen molar-refractivity contribution in [2.45, 2.75) is 6.04 Å². The van der Waals surface area contributed by atoms with Crippen LogP contribution >= 0.6 is 11.3 Å². The normalized spacial score (nSPS) is 12.8. The highest BCUT2D eigenvalue weighted by Gasteiger charge is 2.11. The molecule has 2 heteroatoms. The summed E-state index contributed by atoms with van der Waals surface area (Å²) in [5.74, 6) is 0. The lowest BCUT2D eigenvalue weighted by molar-refractivity contribution is 0.886. The number of rotatable bonds is 2. The van der Waals surface area contributed by atoms with Crippen LogP contribution in [0.1, 0.15) is 17.2 Å². The molecule has 1 heterocycles. The van der Waals surface area contributed by atoms with Crippen LogP contribution in [0.2, 0.25) is 0 Å². The van der Waals surface area contributed by atoms with Crippen molar-refractivity contribution in [3.63, 3.8) is 0 Å². The first-order chi connectivity index (χ1) is 8.36. The van der Waals surface area contributed by atoms with E-state index in [0.29, 0.717) is 0 Å². The predicted octanol–water partition coefficient (Wildman–Crippen LogP) is 3.95. The van der Waals surface area contributed by atoms with Crippen molar-refractivity contribution in [3.8, 4) is 0 Å². The molecular weight excluding hydrogens is 226 g/mol. The molecule has 0 unspecified atom stereocenters. The highest BCUT2D eigenvalue weighted by molar-refractivity contribution is 7.08. The van der Waals surface area contributed by atoms with Crippen LogP contribution in [-0.2, 0) is 0 Å². The van der Waals surface area contributed by atoms with Crippen LogP contribution in [0.4, 0.5) is 0 Å². The molecule has 0 saturated carbocycles. The van der Waals surface area contributed by atoms with Gasteiger partial charge in [-0.1, -0.05) is 42.5 Å². The average Bonchev–Trinajstić information content (AvgIpc) is 2.91. The highest BCUT2D eigenvalue weighted by atomic mass is 32.1. The molecule has 0 spiro atoms. The van der Waals surface area contributed by atoms with Crippen LogP contribution in [0.3, 0.4) is 0 Å². The molecule has 0 amide bonds. The predicted molar refractivity (Wildman–Crippen MR) is 74.3 cm³/mol. The summed E-state index contributed by atoms with van der Waals surface area (Å²) in [4.78, 5) is 0. The molecule has 0 aliphatic rings. The molecule has 1 nitrogen and oxygen atoms in total. The quantitative estimate of drug-likeness (QED) is 0.720. The summed E-state index contributed by atoms with van der Waals surface area (Å²) in [5.41, 5.74) is 8.72. The molecule has 0 aliphatic carbocycles. The van der Waals surface area contributed by atoms with Crippen LogP contribution < -0.4 is 5.73 Å². The molecule has 2 N–H and O–H groups in total. The van der Waals surface area contributed by atoms with Gasteiger partial charge in [0.2, 0.25) is 0 Å². The first-order valence-electron chi connectivity index (χ1n) is 5.61. The second-order valence-corrected chi connectivity index (χ2v) is 4.88. The zero-order chi connectivity index (χ0) is 11.7. The molecule has 0 fully saturated rings. The zero-order valence-electron chi connectivity index (χ0n) is 9.34. The van der Waals surface area contributed by atoms with Crippen LogP contribution in [0.5, 0.6) is 0 Å². The average molecular weight is 239 g/mol. The minimum atomic E-state index is -0.0349. The van der Waals surface area contributed by atoms with Gasteiger partial charge >= 0.3 is 0 Å². The lowest BCUT2D eigenvalue weighted by Gasteiger charge is -2.13. The minimum Gasteiger partial charge on any atom is -0.320 e. The monoisotopic (exact) mass is 239 g/mol. The molecule has 84 valence electrons. The van der Waals surface area contributed by atoms with E-state index >= 15 is 0 Å². The Hall–Kier alpha value is -1.64. The second-order valence-electron chi connectivity index (χ2n) is 4.10. The van der Waals surface area contributed by atoms with Crippen LogP contribution in [-0.4, -0.2) is 0 Å². The van der Waals surface area contributed by atoms with E-state index < -0.39 is 0 Å². The van der Waals surface area contributed by atoms with Gasteiger partial charge in [-0.15, -0.1) is 0 Å². The van der Waals surface area contributed by atoms with Gasteiger partial charge in [-0.3, -0.25) is 0 Å². The van der Waals surface area contributed by atoms with Gasteiger partial charge in [-0.25, -0.2) is 0 Å². The molecule has 3 aromatic rings. The van der Waals surface area contributed by atoms with E-state index in [0.717, 1.165) is 0 Å². The Bertz CT molecular complexity index is 623. The van der Waals surface area contributed by atoms with E-state index in [1.165, 1.54) is 21.9 Å². The van der Waals surface area contributed by atoms with E-state index in [2.05, 4.69) is 59.3 Å². The number of nitrogens with two attached hydrogens (primary N) is 1. The fourth-order valence-electron chi connectivity index (χ4n) is 2.15. The molecule has 1 atom stereocenters. The molecule has 1 aromatic heterocycles. The van der Waals surface area contributed by atoms with Crippen molar-refractivity contribution in [2.24, 2.45) is 5.73 Å². The van der Waals surface area contributed by atoms with Crippen molar-refractivity contribution in [3.05, 3.63) is 70.4 Å². The number of hydrogen-bond donors (Lipinski definition) is 1. The van der Waals surface area contributed by atoms with Crippen LogP contribution in [0.25, 0.3) is 10.8 Å². The van der Waals surface area contributed by atoms with Crippen molar-refractivity contribution in [1.82, 2.24) is 0 Å². The van der Waals surface area contributed by atoms with E-state index in [1.807, 2.05) is 0 Å². The third-order valence-corrected chi connectivity index (χ3v) is 3.76. The van der Waals surface area contributed by atoms with Crippen molar-refractivity contribution in [2.75, 3.05) is 0 Å². The molecule has 2 aromatic carbocycles. The smallest absolute Gasteiger partial charge is 0.0565 e. The topological polar surface area (TPSA) is 26.0 Å². The molecule has 17 heavy (non-hydrogen) atoms. The third-order valence-electron chi connectivity index (χ3n) is 3.06. The Morgan fingerprint density at radius 3 is 2.59 bits per heavy atom. The minimum absolute atomic E-state index is 0.0349. The molecule has 0 aliphatic heterocycles. The lowest BCUT2D eigenvalue weighted by Crippen LogP contribution is -2.11. The molecule has 3 rings (SSSR count). The van der Waals surface area contributed by atoms with Gasteiger partial charge in [0.15, 0.2) is 0 Å². The van der Waals surface area contributed by atoms with Gasteiger partial charge < -0.3 is 5.73 Å². The number of thiophene rings is 1. The third kappa shape index (κ3) is 1.86. The summed E-state index contributed by atoms with van der Waals surface area (Å²) < 4.78 is 0. The lowest BCUT2D eigenvalue weighted by atomic mass is 9.96. The van der Waals surface area contributed by atoms with E-state index in [9.17, 15) is 0 Å². The van der Waals surface area contributed by atoms with Crippen molar-refractivity contribution in [1.29, 1.82) is 0 Å². The van der Waals surface area contributed by atoms with Gasteiger partial charge in [0.1, 0.15) is 0 Å². The molecule has 0 saturated heterocycles. The number of benzene rings is 2. The van der Waals surface area contributed by atoms with Crippen molar-refractivity contribution < 1.29 is 0 Å².